The lowest BCUT2D eigenvalue weighted by Gasteiger charge is -2.34. The van der Waals surface area contributed by atoms with Gasteiger partial charge in [0.15, 0.2) is 0 Å². The number of aliphatic hydroxyl groups is 1. The van der Waals surface area contributed by atoms with Crippen molar-refractivity contribution in [2.45, 2.75) is 118 Å². The standard InChI is InChI=1S/C37H62N4O5/c1-23(2)28(18-27-10-11-30-26(7)22-41(33(30)19-27)14-9-15-45-8)20-32(40-37(44)35(38)25(5)6)34(42)21-31(24(3)4)36(43)39-29-12-16-46-17-13-29/h10-11,19,22-25,28-29,31-32,34-35,42H,9,12-18,20-21,38H2,1-8H3,(H,39,43)(H,40,44)/t28?,31?,32-,34-,35-/m0/s1. The smallest absolute Gasteiger partial charge is 0.237 e. The molecule has 1 saturated heterocycles. The van der Waals surface area contributed by atoms with E-state index in [1.165, 1.54) is 22.0 Å². The number of carbonyl (C=O) groups excluding carboxylic acids is 2. The van der Waals surface area contributed by atoms with Crippen LogP contribution in [0.4, 0.5) is 0 Å². The van der Waals surface area contributed by atoms with Gasteiger partial charge in [0.2, 0.25) is 11.8 Å². The molecule has 5 N–H and O–H groups in total. The molecule has 0 bridgehead atoms. The molecule has 2 aromatic rings. The van der Waals surface area contributed by atoms with Gasteiger partial charge >= 0.3 is 0 Å². The number of ether oxygens (including phenoxy) is 2. The van der Waals surface area contributed by atoms with Gasteiger partial charge in [-0.1, -0.05) is 53.7 Å². The molecule has 1 aliphatic rings. The summed E-state index contributed by atoms with van der Waals surface area (Å²) in [6, 6.07) is 5.58. The van der Waals surface area contributed by atoms with Crippen molar-refractivity contribution in [1.82, 2.24) is 15.2 Å². The van der Waals surface area contributed by atoms with E-state index in [1.807, 2.05) is 27.7 Å². The van der Waals surface area contributed by atoms with Crippen molar-refractivity contribution in [1.29, 1.82) is 0 Å². The molecule has 5 atom stereocenters. The summed E-state index contributed by atoms with van der Waals surface area (Å²) < 4.78 is 13.1. The van der Waals surface area contributed by atoms with Crippen molar-refractivity contribution in [2.75, 3.05) is 26.9 Å². The highest BCUT2D eigenvalue weighted by atomic mass is 16.5. The molecular weight excluding hydrogens is 580 g/mol. The Morgan fingerprint density at radius 1 is 1.04 bits per heavy atom. The monoisotopic (exact) mass is 642 g/mol. The Hall–Kier alpha value is -2.46. The van der Waals surface area contributed by atoms with Gasteiger partial charge in [0, 0.05) is 62.5 Å². The Kier molecular flexibility index (Phi) is 15.0. The maximum absolute atomic E-state index is 13.4. The molecular formula is C37H62N4O5. The predicted molar refractivity (Wildman–Crippen MR) is 185 cm³/mol. The lowest BCUT2D eigenvalue weighted by atomic mass is 9.80. The van der Waals surface area contributed by atoms with Crippen LogP contribution in [-0.2, 0) is 32.0 Å². The van der Waals surface area contributed by atoms with E-state index in [9.17, 15) is 14.7 Å². The van der Waals surface area contributed by atoms with Crippen LogP contribution in [-0.4, -0.2) is 72.6 Å². The SMILES string of the molecule is COCCCn1cc(C)c2ccc(CC(C[C@H](NC(=O)[C@@H](N)C(C)C)[C@@H](O)CC(C(=O)NC3CCOCC3)C(C)C)C(C)C)cc21. The molecule has 0 aliphatic carbocycles. The topological polar surface area (TPSA) is 128 Å². The average Bonchev–Trinajstić information content (AvgIpc) is 3.32. The molecule has 1 aromatic carbocycles. The Balaban J connectivity index is 1.83. The fraction of sp³-hybridized carbons (Fsp3) is 0.730. The average molecular weight is 643 g/mol. The Bertz CT molecular complexity index is 1240. The lowest BCUT2D eigenvalue weighted by molar-refractivity contribution is -0.129. The van der Waals surface area contributed by atoms with E-state index in [0.29, 0.717) is 25.6 Å². The molecule has 3 rings (SSSR count). The highest BCUT2D eigenvalue weighted by Crippen LogP contribution is 2.29. The minimum atomic E-state index is -0.902. The quantitative estimate of drug-likeness (QED) is 0.170. The van der Waals surface area contributed by atoms with Crippen molar-refractivity contribution >= 4 is 22.7 Å². The van der Waals surface area contributed by atoms with Gasteiger partial charge in [0.25, 0.3) is 0 Å². The highest BCUT2D eigenvalue weighted by Gasteiger charge is 2.34. The number of nitrogens with zero attached hydrogens (tertiary/aromatic N) is 1. The van der Waals surface area contributed by atoms with E-state index in [0.717, 1.165) is 38.8 Å². The molecule has 1 aromatic heterocycles. The van der Waals surface area contributed by atoms with Crippen LogP contribution in [0.3, 0.4) is 0 Å². The minimum Gasteiger partial charge on any atom is -0.391 e. The van der Waals surface area contributed by atoms with Gasteiger partial charge in [-0.05, 0) is 86.3 Å². The molecule has 9 nitrogen and oxygen atoms in total. The molecule has 1 aliphatic heterocycles. The van der Waals surface area contributed by atoms with Gasteiger partial charge in [0.05, 0.1) is 18.2 Å². The first kappa shape index (κ1) is 38.0. The van der Waals surface area contributed by atoms with E-state index in [1.54, 1.807) is 7.11 Å². The Morgan fingerprint density at radius 2 is 1.74 bits per heavy atom. The first-order valence-electron chi connectivity index (χ1n) is 17.5. The molecule has 46 heavy (non-hydrogen) atoms. The number of amides is 2. The Labute approximate surface area is 277 Å². The van der Waals surface area contributed by atoms with Crippen LogP contribution in [0, 0.1) is 36.5 Å². The summed E-state index contributed by atoms with van der Waals surface area (Å²) >= 11 is 0. The zero-order valence-corrected chi connectivity index (χ0v) is 29.7. The number of nitrogens with two attached hydrogens (primary N) is 1. The molecule has 0 spiro atoms. The third kappa shape index (κ3) is 10.8. The fourth-order valence-corrected chi connectivity index (χ4v) is 6.58. The summed E-state index contributed by atoms with van der Waals surface area (Å²) in [5.74, 6) is -0.219. The maximum Gasteiger partial charge on any atom is 0.237 e. The summed E-state index contributed by atoms with van der Waals surface area (Å²) in [5.41, 5.74) is 9.96. The summed E-state index contributed by atoms with van der Waals surface area (Å²) in [7, 11) is 1.73. The number of hydrogen-bond acceptors (Lipinski definition) is 6. The van der Waals surface area contributed by atoms with Crippen LogP contribution in [0.15, 0.2) is 24.4 Å². The third-order valence-corrected chi connectivity index (χ3v) is 9.91. The molecule has 2 amide bonds. The van der Waals surface area contributed by atoms with Crippen molar-refractivity contribution < 1.29 is 24.2 Å². The van der Waals surface area contributed by atoms with Crippen molar-refractivity contribution in [3.63, 3.8) is 0 Å². The van der Waals surface area contributed by atoms with Crippen LogP contribution in [0.25, 0.3) is 10.9 Å². The van der Waals surface area contributed by atoms with Crippen LogP contribution in [0.2, 0.25) is 0 Å². The second-order valence-electron chi connectivity index (χ2n) is 14.6. The Morgan fingerprint density at radius 3 is 2.35 bits per heavy atom. The lowest BCUT2D eigenvalue weighted by Crippen LogP contribution is -2.53. The number of methoxy groups -OCH3 is 1. The van der Waals surface area contributed by atoms with Crippen molar-refractivity contribution in [2.24, 2.45) is 35.3 Å². The number of nitrogens with one attached hydrogen (secondary N) is 2. The summed E-state index contributed by atoms with van der Waals surface area (Å²) in [5, 5.41) is 19.3. The minimum absolute atomic E-state index is 0.0278. The van der Waals surface area contributed by atoms with E-state index in [4.69, 9.17) is 15.2 Å². The number of rotatable bonds is 18. The molecule has 1 fully saturated rings. The molecule has 2 heterocycles. The zero-order valence-electron chi connectivity index (χ0n) is 29.7. The van der Waals surface area contributed by atoms with Crippen molar-refractivity contribution in [3.05, 3.63) is 35.5 Å². The van der Waals surface area contributed by atoms with Gasteiger partial charge in [-0.25, -0.2) is 0 Å². The predicted octanol–water partition coefficient (Wildman–Crippen LogP) is 4.98. The first-order chi connectivity index (χ1) is 21.8. The molecule has 9 heteroatoms. The second-order valence-corrected chi connectivity index (χ2v) is 14.6. The largest absolute Gasteiger partial charge is 0.391 e. The van der Waals surface area contributed by atoms with Gasteiger partial charge in [-0.15, -0.1) is 0 Å². The van der Waals surface area contributed by atoms with Crippen molar-refractivity contribution in [3.8, 4) is 0 Å². The van der Waals surface area contributed by atoms with Crippen LogP contribution >= 0.6 is 0 Å². The fourth-order valence-electron chi connectivity index (χ4n) is 6.58. The van der Waals surface area contributed by atoms with Gasteiger partial charge < -0.3 is 35.5 Å². The number of aryl methyl sites for hydroxylation is 2. The molecule has 0 radical (unpaired) electrons. The van der Waals surface area contributed by atoms with Gasteiger partial charge in [0.1, 0.15) is 0 Å². The van der Waals surface area contributed by atoms with Crippen LogP contribution in [0.5, 0.6) is 0 Å². The number of fused-ring (bicyclic) bond motifs is 1. The zero-order chi connectivity index (χ0) is 34.0. The molecule has 0 saturated carbocycles. The number of carbonyl (C=O) groups is 2. The van der Waals surface area contributed by atoms with Crippen LogP contribution < -0.4 is 16.4 Å². The first-order valence-corrected chi connectivity index (χ1v) is 17.5. The summed E-state index contributed by atoms with van der Waals surface area (Å²) in [6.07, 6.45) is 5.50. The number of aromatic nitrogens is 1. The highest BCUT2D eigenvalue weighted by molar-refractivity contribution is 5.84. The second kappa shape index (κ2) is 18.2. The van der Waals surface area contributed by atoms with E-state index < -0.39 is 18.2 Å². The summed E-state index contributed by atoms with van der Waals surface area (Å²) in [4.78, 5) is 26.7. The van der Waals surface area contributed by atoms with E-state index in [2.05, 4.69) is 60.4 Å². The molecule has 260 valence electrons. The number of hydrogen-bond donors (Lipinski definition) is 4. The van der Waals surface area contributed by atoms with E-state index in [-0.39, 0.29) is 47.9 Å². The normalized spacial score (nSPS) is 17.8. The maximum atomic E-state index is 13.4. The van der Waals surface area contributed by atoms with Crippen LogP contribution in [0.1, 0.15) is 84.8 Å². The number of benzene rings is 1. The summed E-state index contributed by atoms with van der Waals surface area (Å²) in [6.45, 7) is 17.3. The van der Waals surface area contributed by atoms with Gasteiger partial charge in [-0.2, -0.15) is 0 Å². The van der Waals surface area contributed by atoms with E-state index >= 15 is 0 Å². The van der Waals surface area contributed by atoms with Gasteiger partial charge in [-0.3, -0.25) is 9.59 Å². The third-order valence-electron chi connectivity index (χ3n) is 9.91. The number of aliphatic hydroxyl groups excluding tert-OH is 1. The molecule has 2 unspecified atom stereocenters.